The van der Waals surface area contributed by atoms with E-state index in [0.29, 0.717) is 29.7 Å². The van der Waals surface area contributed by atoms with Crippen molar-refractivity contribution in [3.05, 3.63) is 143 Å². The van der Waals surface area contributed by atoms with Crippen LogP contribution >= 0.6 is 0 Å². The highest BCUT2D eigenvalue weighted by Crippen LogP contribution is 2.32. The third kappa shape index (κ3) is 8.04. The summed E-state index contributed by atoms with van der Waals surface area (Å²) >= 11 is 0. The van der Waals surface area contributed by atoms with Gasteiger partial charge in [0.1, 0.15) is 24.7 Å². The fourth-order valence-electron chi connectivity index (χ4n) is 5.99. The molecule has 1 saturated heterocycles. The van der Waals surface area contributed by atoms with Crippen molar-refractivity contribution in [3.8, 4) is 16.9 Å². The van der Waals surface area contributed by atoms with E-state index < -0.39 is 5.97 Å². The maximum atomic E-state index is 13.7. The van der Waals surface area contributed by atoms with Crippen LogP contribution in [0.2, 0.25) is 0 Å². The molecule has 1 amide bonds. The van der Waals surface area contributed by atoms with Crippen LogP contribution in [-0.4, -0.2) is 54.6 Å². The lowest BCUT2D eigenvalue weighted by atomic mass is 9.99. The minimum atomic E-state index is -0.400. The van der Waals surface area contributed by atoms with E-state index in [9.17, 15) is 9.59 Å². The average Bonchev–Trinajstić information content (AvgIpc) is 3.48. The van der Waals surface area contributed by atoms with Crippen molar-refractivity contribution in [1.29, 1.82) is 0 Å². The van der Waals surface area contributed by atoms with Gasteiger partial charge in [-0.2, -0.15) is 0 Å². The van der Waals surface area contributed by atoms with Crippen LogP contribution in [0.15, 0.2) is 109 Å². The predicted octanol–water partition coefficient (Wildman–Crippen LogP) is 7.18. The predicted molar refractivity (Wildman–Crippen MR) is 194 cm³/mol. The van der Waals surface area contributed by atoms with Gasteiger partial charge in [-0.3, -0.25) is 4.79 Å². The second-order valence-corrected chi connectivity index (χ2v) is 13.1. The molecular formula is C41H44N4O4. The van der Waals surface area contributed by atoms with Crippen molar-refractivity contribution < 1.29 is 19.1 Å². The van der Waals surface area contributed by atoms with E-state index in [0.717, 1.165) is 52.2 Å². The van der Waals surface area contributed by atoms with Crippen LogP contribution in [-0.2, 0) is 25.0 Å². The van der Waals surface area contributed by atoms with Crippen molar-refractivity contribution in [2.75, 3.05) is 32.1 Å². The van der Waals surface area contributed by atoms with Gasteiger partial charge in [-0.1, -0.05) is 66.7 Å². The van der Waals surface area contributed by atoms with Crippen LogP contribution in [0.4, 0.5) is 5.69 Å². The lowest BCUT2D eigenvalue weighted by molar-refractivity contribution is 0.0461. The largest absolute Gasteiger partial charge is 0.489 e. The Balaban J connectivity index is 1.23. The van der Waals surface area contributed by atoms with Gasteiger partial charge in [-0.25, -0.2) is 4.79 Å². The smallest absolute Gasteiger partial charge is 0.355 e. The van der Waals surface area contributed by atoms with E-state index in [1.165, 1.54) is 0 Å². The zero-order valence-electron chi connectivity index (χ0n) is 28.9. The molecule has 1 aromatic heterocycles. The SMILES string of the molecule is Cc1ccc(N2CC(N(C)C)C2)cc1C(=O)N[C@H](C)c1cc(OCc2ccccc2)cc(-c2cc(C(=O)OCc3ccccc3)n(C)c2)c1. The summed E-state index contributed by atoms with van der Waals surface area (Å²) in [6.45, 7) is 6.42. The minimum absolute atomic E-state index is 0.128. The van der Waals surface area contributed by atoms with Crippen molar-refractivity contribution in [1.82, 2.24) is 14.8 Å². The van der Waals surface area contributed by atoms with E-state index in [2.05, 4.69) is 35.3 Å². The molecule has 8 heteroatoms. The molecule has 252 valence electrons. The number of ether oxygens (including phenoxy) is 2. The van der Waals surface area contributed by atoms with Crippen molar-refractivity contribution >= 4 is 17.6 Å². The summed E-state index contributed by atoms with van der Waals surface area (Å²) < 4.78 is 13.7. The molecule has 0 bridgehead atoms. The monoisotopic (exact) mass is 656 g/mol. The van der Waals surface area contributed by atoms with E-state index in [4.69, 9.17) is 9.47 Å². The van der Waals surface area contributed by atoms with Crippen LogP contribution < -0.4 is 15.0 Å². The standard InChI is InChI=1S/C41H44N4O4/c1-28-16-17-35(45-24-36(25-45)43(3)4)22-38(28)40(46)42-29(2)32-18-33(20-37(19-32)48-26-30-12-8-6-9-13-30)34-21-39(44(5)23-34)41(47)49-27-31-14-10-7-11-15-31/h6-23,29,36H,24-27H2,1-5H3,(H,42,46)/t29-/m1/s1. The maximum absolute atomic E-state index is 13.7. The highest BCUT2D eigenvalue weighted by molar-refractivity contribution is 5.97. The second kappa shape index (κ2) is 14.8. The number of likely N-dealkylation sites (N-methyl/N-ethyl adjacent to an activating group) is 1. The van der Waals surface area contributed by atoms with Gasteiger partial charge in [-0.15, -0.1) is 0 Å². The quantitative estimate of drug-likeness (QED) is 0.144. The molecule has 0 aliphatic carbocycles. The molecule has 5 aromatic rings. The molecule has 49 heavy (non-hydrogen) atoms. The Kier molecular flexibility index (Phi) is 10.2. The van der Waals surface area contributed by atoms with E-state index >= 15 is 0 Å². The van der Waals surface area contributed by atoms with Gasteiger partial charge in [0.05, 0.1) is 6.04 Å². The van der Waals surface area contributed by atoms with E-state index in [1.807, 2.05) is 124 Å². The van der Waals surface area contributed by atoms with Gasteiger partial charge in [0.25, 0.3) is 5.91 Å². The first-order valence-corrected chi connectivity index (χ1v) is 16.7. The molecule has 0 radical (unpaired) electrons. The molecule has 0 spiro atoms. The first-order chi connectivity index (χ1) is 23.6. The molecule has 8 nitrogen and oxygen atoms in total. The highest BCUT2D eigenvalue weighted by atomic mass is 16.5. The topological polar surface area (TPSA) is 76.0 Å². The van der Waals surface area contributed by atoms with Crippen LogP contribution in [0.1, 0.15) is 56.1 Å². The molecule has 6 rings (SSSR count). The van der Waals surface area contributed by atoms with E-state index in [1.54, 1.807) is 4.57 Å². The van der Waals surface area contributed by atoms with Gasteiger partial charge >= 0.3 is 5.97 Å². The summed E-state index contributed by atoms with van der Waals surface area (Å²) in [5, 5.41) is 3.23. The number of hydrogen-bond donors (Lipinski definition) is 1. The summed E-state index contributed by atoms with van der Waals surface area (Å²) in [6.07, 6.45) is 1.91. The second-order valence-electron chi connectivity index (χ2n) is 13.1. The number of hydrogen-bond acceptors (Lipinski definition) is 6. The third-order valence-electron chi connectivity index (χ3n) is 9.21. The molecule has 1 atom stereocenters. The number of carbonyl (C=O) groups is 2. The number of carbonyl (C=O) groups excluding carboxylic acids is 2. The number of aromatic nitrogens is 1. The lowest BCUT2D eigenvalue weighted by Gasteiger charge is -2.44. The number of rotatable bonds is 12. The highest BCUT2D eigenvalue weighted by Gasteiger charge is 2.29. The molecule has 1 aliphatic heterocycles. The van der Waals surface area contributed by atoms with Crippen molar-refractivity contribution in [2.45, 2.75) is 39.1 Å². The molecule has 1 fully saturated rings. The van der Waals surface area contributed by atoms with Crippen LogP contribution in [0.3, 0.4) is 0 Å². The summed E-state index contributed by atoms with van der Waals surface area (Å²) in [7, 11) is 6.03. The number of aryl methyl sites for hydroxylation is 2. The number of nitrogens with one attached hydrogen (secondary N) is 1. The minimum Gasteiger partial charge on any atom is -0.489 e. The fraction of sp³-hybridized carbons (Fsp3) is 0.268. The molecule has 0 unspecified atom stereocenters. The van der Waals surface area contributed by atoms with Gasteiger partial charge in [-0.05, 0) is 92.2 Å². The Morgan fingerprint density at radius 1 is 0.857 bits per heavy atom. The zero-order valence-corrected chi connectivity index (χ0v) is 28.9. The first kappa shape index (κ1) is 33.6. The van der Waals surface area contributed by atoms with Crippen LogP contribution in [0.5, 0.6) is 5.75 Å². The summed E-state index contributed by atoms with van der Waals surface area (Å²) in [5.74, 6) is 0.140. The summed E-state index contributed by atoms with van der Waals surface area (Å²) in [6, 6.07) is 33.7. The number of esters is 1. The third-order valence-corrected chi connectivity index (χ3v) is 9.21. The van der Waals surface area contributed by atoms with Gasteiger partial charge in [0, 0.05) is 49.2 Å². The molecule has 1 N–H and O–H groups in total. The first-order valence-electron chi connectivity index (χ1n) is 16.7. The van der Waals surface area contributed by atoms with E-state index in [-0.39, 0.29) is 18.6 Å². The summed E-state index contributed by atoms with van der Waals surface area (Å²) in [5.41, 5.74) is 7.66. The molecule has 4 aromatic carbocycles. The molecule has 0 saturated carbocycles. The van der Waals surface area contributed by atoms with Crippen molar-refractivity contribution in [2.24, 2.45) is 7.05 Å². The fourth-order valence-corrected chi connectivity index (χ4v) is 5.99. The average molecular weight is 657 g/mol. The zero-order chi connectivity index (χ0) is 34.5. The number of anilines is 1. The number of nitrogens with zero attached hydrogens (tertiary/aromatic N) is 3. The van der Waals surface area contributed by atoms with Gasteiger partial charge < -0.3 is 29.2 Å². The number of amides is 1. The van der Waals surface area contributed by atoms with Gasteiger partial charge in [0.2, 0.25) is 0 Å². The lowest BCUT2D eigenvalue weighted by Crippen LogP contribution is -2.57. The summed E-state index contributed by atoms with van der Waals surface area (Å²) in [4.78, 5) is 31.3. The molecule has 1 aliphatic rings. The molecule has 2 heterocycles. The Morgan fingerprint density at radius 2 is 1.53 bits per heavy atom. The Labute approximate surface area is 288 Å². The Morgan fingerprint density at radius 3 is 2.20 bits per heavy atom. The molecular weight excluding hydrogens is 612 g/mol. The Bertz CT molecular complexity index is 1910. The normalized spacial score (nSPS) is 13.6. The number of benzene rings is 4. The van der Waals surface area contributed by atoms with Crippen molar-refractivity contribution in [3.63, 3.8) is 0 Å². The van der Waals surface area contributed by atoms with Crippen LogP contribution in [0.25, 0.3) is 11.1 Å². The van der Waals surface area contributed by atoms with Gasteiger partial charge in [0.15, 0.2) is 0 Å². The maximum Gasteiger partial charge on any atom is 0.355 e. The Hall–Kier alpha value is -5.34. The van der Waals surface area contributed by atoms with Crippen LogP contribution in [0, 0.1) is 6.92 Å².